The number of carbonyl (C=O) groups excluding carboxylic acids is 2. The Kier molecular flexibility index (Phi) is 5.84. The molecule has 4 nitrogen and oxygen atoms in total. The van der Waals surface area contributed by atoms with Crippen molar-refractivity contribution in [2.75, 3.05) is 6.61 Å². The summed E-state index contributed by atoms with van der Waals surface area (Å²) < 4.78 is 7.08. The van der Waals surface area contributed by atoms with Crippen LogP contribution in [0.2, 0.25) is 5.02 Å². The SMILES string of the molecule is CCOC(=O)C(=O)c1c(-c2ccc(Cl)cc2)c(-c2ccccc2)c2n1CC(C)(C)C2Br. The number of nitrogens with zero attached hydrogens (tertiary/aromatic N) is 1. The predicted molar refractivity (Wildman–Crippen MR) is 127 cm³/mol. The lowest BCUT2D eigenvalue weighted by Crippen LogP contribution is -2.23. The summed E-state index contributed by atoms with van der Waals surface area (Å²) in [4.78, 5) is 25.9. The van der Waals surface area contributed by atoms with Gasteiger partial charge >= 0.3 is 5.97 Å². The average Bonchev–Trinajstić information content (AvgIpc) is 3.19. The number of Topliss-reactive ketones (excluding diaryl/α,β-unsaturated/α-hetero) is 1. The number of esters is 1. The highest BCUT2D eigenvalue weighted by molar-refractivity contribution is 9.09. The molecule has 0 fully saturated rings. The number of aromatic nitrogens is 1. The van der Waals surface area contributed by atoms with Gasteiger partial charge < -0.3 is 9.30 Å². The predicted octanol–water partition coefficient (Wildman–Crippen LogP) is 6.70. The van der Waals surface area contributed by atoms with Crippen LogP contribution in [0.1, 0.15) is 41.8 Å². The molecule has 0 saturated carbocycles. The molecule has 1 aromatic heterocycles. The molecule has 0 radical (unpaired) electrons. The molecule has 2 heterocycles. The molecule has 3 aromatic rings. The lowest BCUT2D eigenvalue weighted by atomic mass is 9.86. The minimum Gasteiger partial charge on any atom is -0.460 e. The molecule has 1 atom stereocenters. The van der Waals surface area contributed by atoms with E-state index in [-0.39, 0.29) is 16.8 Å². The first-order valence-electron chi connectivity index (χ1n) is 10.2. The third-order valence-corrected chi connectivity index (χ3v) is 7.59. The number of halogens is 2. The van der Waals surface area contributed by atoms with Crippen LogP contribution in [0.3, 0.4) is 0 Å². The number of ketones is 1. The number of hydrogen-bond donors (Lipinski definition) is 0. The smallest absolute Gasteiger partial charge is 0.381 e. The summed E-state index contributed by atoms with van der Waals surface area (Å²) >= 11 is 10.0. The first kappa shape index (κ1) is 21.8. The monoisotopic (exact) mass is 499 g/mol. The second kappa shape index (κ2) is 8.29. The van der Waals surface area contributed by atoms with Crippen LogP contribution in [0.5, 0.6) is 0 Å². The number of hydrogen-bond acceptors (Lipinski definition) is 3. The van der Waals surface area contributed by atoms with Crippen molar-refractivity contribution in [3.63, 3.8) is 0 Å². The molecule has 1 aliphatic heterocycles. The second-order valence-corrected chi connectivity index (χ2v) is 9.70. The van der Waals surface area contributed by atoms with E-state index in [9.17, 15) is 9.59 Å². The number of carbonyl (C=O) groups is 2. The molecule has 1 unspecified atom stereocenters. The molecular formula is C25H23BrClNO3. The van der Waals surface area contributed by atoms with Crippen molar-refractivity contribution in [3.8, 4) is 22.3 Å². The Labute approximate surface area is 195 Å². The summed E-state index contributed by atoms with van der Waals surface area (Å²) in [5.41, 5.74) is 4.72. The van der Waals surface area contributed by atoms with Crippen molar-refractivity contribution in [2.24, 2.45) is 5.41 Å². The Hall–Kier alpha value is -2.37. The number of ether oxygens (including phenoxy) is 1. The third-order valence-electron chi connectivity index (χ3n) is 5.67. The fraction of sp³-hybridized carbons (Fsp3) is 0.280. The van der Waals surface area contributed by atoms with Crippen LogP contribution in [0.25, 0.3) is 22.3 Å². The van der Waals surface area contributed by atoms with E-state index in [0.717, 1.165) is 27.9 Å². The van der Waals surface area contributed by atoms with Gasteiger partial charge in [0.2, 0.25) is 0 Å². The van der Waals surface area contributed by atoms with Gasteiger partial charge in [-0.25, -0.2) is 4.79 Å². The highest BCUT2D eigenvalue weighted by atomic mass is 79.9. The van der Waals surface area contributed by atoms with Gasteiger partial charge in [-0.15, -0.1) is 0 Å². The highest BCUT2D eigenvalue weighted by Crippen LogP contribution is 2.55. The molecule has 2 aromatic carbocycles. The number of benzene rings is 2. The minimum absolute atomic E-state index is 0.00463. The van der Waals surface area contributed by atoms with E-state index in [4.69, 9.17) is 16.3 Å². The maximum Gasteiger partial charge on any atom is 0.381 e. The van der Waals surface area contributed by atoms with Crippen LogP contribution < -0.4 is 0 Å². The molecule has 6 heteroatoms. The zero-order valence-electron chi connectivity index (χ0n) is 17.6. The molecule has 4 rings (SSSR count). The van der Waals surface area contributed by atoms with E-state index in [0.29, 0.717) is 17.3 Å². The topological polar surface area (TPSA) is 48.3 Å². The average molecular weight is 501 g/mol. The fourth-order valence-corrected chi connectivity index (χ4v) is 4.99. The van der Waals surface area contributed by atoms with Crippen LogP contribution in [-0.2, 0) is 16.1 Å². The number of rotatable bonds is 5. The zero-order chi connectivity index (χ0) is 22.3. The Morgan fingerprint density at radius 3 is 2.29 bits per heavy atom. The molecule has 160 valence electrons. The molecule has 0 amide bonds. The standard InChI is InChI=1S/C25H23BrClNO3/c1-4-31-24(30)22(29)20-18(16-10-12-17(27)13-11-16)19(15-8-6-5-7-9-15)21-23(26)25(2,3)14-28(20)21/h5-13,23H,4,14H2,1-3H3. The maximum absolute atomic E-state index is 13.4. The molecule has 31 heavy (non-hydrogen) atoms. The number of fused-ring (bicyclic) bond motifs is 1. The zero-order valence-corrected chi connectivity index (χ0v) is 20.0. The molecule has 0 bridgehead atoms. The van der Waals surface area contributed by atoms with E-state index < -0.39 is 11.8 Å². The number of alkyl halides is 1. The fourth-order valence-electron chi connectivity index (χ4n) is 4.25. The van der Waals surface area contributed by atoms with E-state index in [2.05, 4.69) is 29.8 Å². The molecular weight excluding hydrogens is 478 g/mol. The summed E-state index contributed by atoms with van der Waals surface area (Å²) in [6.07, 6.45) is 0. The summed E-state index contributed by atoms with van der Waals surface area (Å²) in [7, 11) is 0. The maximum atomic E-state index is 13.4. The van der Waals surface area contributed by atoms with E-state index >= 15 is 0 Å². The summed E-state index contributed by atoms with van der Waals surface area (Å²) in [5.74, 6) is -1.47. The Morgan fingerprint density at radius 1 is 1.06 bits per heavy atom. The van der Waals surface area contributed by atoms with E-state index in [1.165, 1.54) is 0 Å². The molecule has 1 aliphatic rings. The summed E-state index contributed by atoms with van der Waals surface area (Å²) in [6.45, 7) is 6.74. The normalized spacial score (nSPS) is 16.7. The van der Waals surface area contributed by atoms with Gasteiger partial charge in [0.25, 0.3) is 5.78 Å². The van der Waals surface area contributed by atoms with Gasteiger partial charge in [-0.2, -0.15) is 0 Å². The van der Waals surface area contributed by atoms with Gasteiger partial charge in [-0.3, -0.25) is 4.79 Å². The van der Waals surface area contributed by atoms with Crippen LogP contribution in [0, 0.1) is 5.41 Å². The lowest BCUT2D eigenvalue weighted by Gasteiger charge is -2.23. The minimum atomic E-state index is -0.839. The van der Waals surface area contributed by atoms with Crippen LogP contribution >= 0.6 is 27.5 Å². The van der Waals surface area contributed by atoms with E-state index in [1.54, 1.807) is 19.1 Å². The first-order chi connectivity index (χ1) is 14.8. The molecule has 0 N–H and O–H groups in total. The van der Waals surface area contributed by atoms with Crippen molar-refractivity contribution in [1.82, 2.24) is 4.57 Å². The van der Waals surface area contributed by atoms with Crippen LogP contribution in [0.15, 0.2) is 54.6 Å². The van der Waals surface area contributed by atoms with Crippen LogP contribution in [-0.4, -0.2) is 22.9 Å². The first-order valence-corrected chi connectivity index (χ1v) is 11.5. The van der Waals surface area contributed by atoms with Crippen LogP contribution in [0.4, 0.5) is 0 Å². The van der Waals surface area contributed by atoms with Crippen molar-refractivity contribution in [2.45, 2.75) is 32.1 Å². The van der Waals surface area contributed by atoms with Crippen molar-refractivity contribution >= 4 is 39.3 Å². The van der Waals surface area contributed by atoms with Gasteiger partial charge in [0, 0.05) is 33.8 Å². The Morgan fingerprint density at radius 2 is 1.68 bits per heavy atom. The van der Waals surface area contributed by atoms with Gasteiger partial charge in [-0.05, 0) is 30.2 Å². The van der Waals surface area contributed by atoms with Crippen molar-refractivity contribution in [3.05, 3.63) is 71.0 Å². The van der Waals surface area contributed by atoms with Gasteiger partial charge in [-0.1, -0.05) is 83.8 Å². The lowest BCUT2D eigenvalue weighted by molar-refractivity contribution is -0.137. The second-order valence-electron chi connectivity index (χ2n) is 8.34. The highest BCUT2D eigenvalue weighted by Gasteiger charge is 2.45. The Bertz CT molecular complexity index is 1150. The largest absolute Gasteiger partial charge is 0.460 e. The quantitative estimate of drug-likeness (QED) is 0.170. The van der Waals surface area contributed by atoms with Crippen molar-refractivity contribution < 1.29 is 14.3 Å². The molecule has 0 spiro atoms. The van der Waals surface area contributed by atoms with E-state index in [1.807, 2.05) is 47.0 Å². The van der Waals surface area contributed by atoms with Gasteiger partial charge in [0.05, 0.1) is 11.4 Å². The van der Waals surface area contributed by atoms with Gasteiger partial charge in [0.15, 0.2) is 0 Å². The molecule has 0 aliphatic carbocycles. The molecule has 0 saturated heterocycles. The third kappa shape index (κ3) is 3.74. The van der Waals surface area contributed by atoms with Gasteiger partial charge in [0.1, 0.15) is 5.69 Å². The summed E-state index contributed by atoms with van der Waals surface area (Å²) in [5, 5.41) is 0.606. The Balaban J connectivity index is 2.09. The van der Waals surface area contributed by atoms with Crippen molar-refractivity contribution in [1.29, 1.82) is 0 Å². The summed E-state index contributed by atoms with van der Waals surface area (Å²) in [6, 6.07) is 17.3.